The van der Waals surface area contributed by atoms with Gasteiger partial charge in [0, 0.05) is 48.0 Å². The van der Waals surface area contributed by atoms with Crippen LogP contribution in [0.3, 0.4) is 0 Å². The highest BCUT2D eigenvalue weighted by molar-refractivity contribution is 6.62. The maximum Gasteiger partial charge on any atom is 0.496 e. The van der Waals surface area contributed by atoms with Gasteiger partial charge in [0.05, 0.1) is 11.2 Å². The molecule has 32 heavy (non-hydrogen) atoms. The number of benzene rings is 1. The second kappa shape index (κ2) is 8.09. The maximum atomic E-state index is 13.5. The van der Waals surface area contributed by atoms with Crippen molar-refractivity contribution in [2.75, 3.05) is 0 Å². The average molecular weight is 432 g/mol. The second-order valence-corrected chi connectivity index (χ2v) is 10.7. The molecule has 2 atom stereocenters. The van der Waals surface area contributed by atoms with Crippen molar-refractivity contribution in [2.45, 2.75) is 83.2 Å². The van der Waals surface area contributed by atoms with E-state index in [2.05, 4.69) is 40.2 Å². The number of pyridine rings is 1. The van der Waals surface area contributed by atoms with E-state index in [0.29, 0.717) is 17.6 Å². The molecule has 2 bridgehead atoms. The number of fused-ring (bicyclic) bond motifs is 2. The van der Waals surface area contributed by atoms with Gasteiger partial charge in [-0.15, -0.1) is 0 Å². The molecule has 168 valence electrons. The molecule has 0 saturated carbocycles. The van der Waals surface area contributed by atoms with Crippen LogP contribution in [0.4, 0.5) is 0 Å². The third kappa shape index (κ3) is 3.93. The summed E-state index contributed by atoms with van der Waals surface area (Å²) in [6, 6.07) is 13.6. The van der Waals surface area contributed by atoms with Crippen LogP contribution in [0.25, 0.3) is 0 Å². The molecule has 0 aliphatic carbocycles. The third-order valence-electron chi connectivity index (χ3n) is 8.03. The first-order chi connectivity index (χ1) is 15.2. The Morgan fingerprint density at radius 1 is 1.03 bits per heavy atom. The van der Waals surface area contributed by atoms with Crippen molar-refractivity contribution in [1.82, 2.24) is 9.88 Å². The van der Waals surface area contributed by atoms with E-state index in [1.807, 2.05) is 33.8 Å². The van der Waals surface area contributed by atoms with Crippen molar-refractivity contribution in [3.8, 4) is 0 Å². The molecule has 2 aromatic rings. The Balaban J connectivity index is 1.29. The quantitative estimate of drug-likeness (QED) is 0.528. The lowest BCUT2D eigenvalue weighted by Gasteiger charge is -2.38. The molecule has 0 amide bonds. The van der Waals surface area contributed by atoms with Crippen molar-refractivity contribution < 1.29 is 14.1 Å². The van der Waals surface area contributed by atoms with Gasteiger partial charge in [-0.2, -0.15) is 0 Å². The van der Waals surface area contributed by atoms with Gasteiger partial charge in [-0.3, -0.25) is 14.7 Å². The molecular weight excluding hydrogens is 399 g/mol. The molecule has 3 aliphatic rings. The minimum Gasteiger partial charge on any atom is -0.399 e. The van der Waals surface area contributed by atoms with Crippen molar-refractivity contribution in [2.24, 2.45) is 5.92 Å². The van der Waals surface area contributed by atoms with Gasteiger partial charge in [0.1, 0.15) is 0 Å². The summed E-state index contributed by atoms with van der Waals surface area (Å²) >= 11 is 0. The second-order valence-electron chi connectivity index (χ2n) is 10.7. The number of piperidine rings is 1. The Morgan fingerprint density at radius 2 is 1.66 bits per heavy atom. The lowest BCUT2D eigenvalue weighted by atomic mass is 9.78. The first kappa shape index (κ1) is 21.8. The summed E-state index contributed by atoms with van der Waals surface area (Å²) in [5.74, 6) is 0.280. The minimum atomic E-state index is -0.496. The van der Waals surface area contributed by atoms with E-state index in [-0.39, 0.29) is 11.7 Å². The minimum absolute atomic E-state index is 0.0647. The summed E-state index contributed by atoms with van der Waals surface area (Å²) in [5, 5.41) is 0. The Morgan fingerprint density at radius 3 is 2.28 bits per heavy atom. The molecule has 5 rings (SSSR count). The Labute approximate surface area is 191 Å². The molecular formula is C26H33BN2O3. The number of rotatable bonds is 5. The highest BCUT2D eigenvalue weighted by Crippen LogP contribution is 2.41. The Kier molecular flexibility index (Phi) is 5.51. The van der Waals surface area contributed by atoms with Crippen molar-refractivity contribution >= 4 is 18.4 Å². The molecule has 2 unspecified atom stereocenters. The highest BCUT2D eigenvalue weighted by atomic mass is 16.7. The van der Waals surface area contributed by atoms with Crippen LogP contribution in [-0.4, -0.2) is 46.1 Å². The topological polar surface area (TPSA) is 51.7 Å². The molecule has 3 saturated heterocycles. The van der Waals surface area contributed by atoms with E-state index >= 15 is 0 Å². The number of nitrogens with zero attached hydrogens (tertiary/aromatic N) is 2. The van der Waals surface area contributed by atoms with E-state index in [1.54, 1.807) is 12.4 Å². The van der Waals surface area contributed by atoms with E-state index in [0.717, 1.165) is 24.8 Å². The van der Waals surface area contributed by atoms with Crippen LogP contribution in [0.1, 0.15) is 69.3 Å². The summed E-state index contributed by atoms with van der Waals surface area (Å²) in [5.41, 5.74) is 2.02. The van der Waals surface area contributed by atoms with E-state index in [1.165, 1.54) is 18.4 Å². The molecule has 0 spiro atoms. The zero-order valence-corrected chi connectivity index (χ0v) is 19.6. The molecule has 6 heteroatoms. The van der Waals surface area contributed by atoms with E-state index in [9.17, 15) is 4.79 Å². The fourth-order valence-electron chi connectivity index (χ4n) is 5.48. The van der Waals surface area contributed by atoms with Crippen molar-refractivity contribution in [3.05, 3.63) is 59.9 Å². The van der Waals surface area contributed by atoms with Gasteiger partial charge in [-0.1, -0.05) is 30.3 Å². The van der Waals surface area contributed by atoms with Gasteiger partial charge in [-0.05, 0) is 65.0 Å². The van der Waals surface area contributed by atoms with Gasteiger partial charge < -0.3 is 9.31 Å². The molecule has 5 nitrogen and oxygen atoms in total. The summed E-state index contributed by atoms with van der Waals surface area (Å²) in [6.45, 7) is 9.13. The summed E-state index contributed by atoms with van der Waals surface area (Å²) < 4.78 is 12.3. The van der Waals surface area contributed by atoms with Crippen molar-refractivity contribution in [3.63, 3.8) is 0 Å². The maximum absolute atomic E-state index is 13.5. The number of hydrogen-bond acceptors (Lipinski definition) is 5. The smallest absolute Gasteiger partial charge is 0.399 e. The number of carbonyl (C=O) groups excluding carboxylic acids is 1. The number of hydrogen-bond donors (Lipinski definition) is 0. The molecule has 3 fully saturated rings. The third-order valence-corrected chi connectivity index (χ3v) is 8.03. The number of aromatic nitrogens is 1. The highest BCUT2D eigenvalue weighted by Gasteiger charge is 2.52. The lowest BCUT2D eigenvalue weighted by Crippen LogP contribution is -2.44. The number of carbonyl (C=O) groups is 1. The first-order valence-corrected chi connectivity index (χ1v) is 11.9. The van der Waals surface area contributed by atoms with Gasteiger partial charge in [0.25, 0.3) is 0 Å². The Hall–Kier alpha value is -2.02. The van der Waals surface area contributed by atoms with Gasteiger partial charge in [0.2, 0.25) is 0 Å². The predicted octanol–water partition coefficient (Wildman–Crippen LogP) is 4.01. The summed E-state index contributed by atoms with van der Waals surface area (Å²) in [7, 11) is -0.496. The zero-order valence-electron chi connectivity index (χ0n) is 19.6. The zero-order chi connectivity index (χ0) is 22.5. The fourth-order valence-corrected chi connectivity index (χ4v) is 5.48. The largest absolute Gasteiger partial charge is 0.496 e. The number of ketones is 1. The first-order valence-electron chi connectivity index (χ1n) is 11.9. The predicted molar refractivity (Wildman–Crippen MR) is 126 cm³/mol. The van der Waals surface area contributed by atoms with Crippen molar-refractivity contribution in [1.29, 1.82) is 0 Å². The molecule has 3 aliphatic heterocycles. The van der Waals surface area contributed by atoms with Crippen LogP contribution in [0.2, 0.25) is 0 Å². The fraction of sp³-hybridized carbons (Fsp3) is 0.538. The molecule has 4 heterocycles. The van der Waals surface area contributed by atoms with Crippen LogP contribution < -0.4 is 5.46 Å². The molecule has 1 aromatic heterocycles. The Bertz CT molecular complexity index is 964. The standard InChI is InChI=1S/C26H33BN2O3/c1-25(2)26(3,4)32-27(31-25)21-12-20(15-28-16-21)24(30)19-13-22-10-11-23(14-19)29(22)17-18-8-6-5-7-9-18/h5-9,12,15-16,19,22-23H,10-11,13-14,17H2,1-4H3. The van der Waals surface area contributed by atoms with Crippen LogP contribution in [-0.2, 0) is 15.9 Å². The number of Topliss-reactive ketones (excluding diaryl/α,β-unsaturated/α-hetero) is 1. The normalized spacial score (nSPS) is 28.8. The van der Waals surface area contributed by atoms with E-state index < -0.39 is 18.3 Å². The summed E-state index contributed by atoms with van der Waals surface area (Å²) in [4.78, 5) is 20.5. The average Bonchev–Trinajstić information content (AvgIpc) is 3.12. The van der Waals surface area contributed by atoms with Crippen LogP contribution in [0, 0.1) is 5.92 Å². The lowest BCUT2D eigenvalue weighted by molar-refractivity contribution is 0.00578. The van der Waals surface area contributed by atoms with Gasteiger partial charge in [-0.25, -0.2) is 0 Å². The monoisotopic (exact) mass is 432 g/mol. The van der Waals surface area contributed by atoms with Gasteiger partial charge in [0.15, 0.2) is 5.78 Å². The molecule has 0 radical (unpaired) electrons. The van der Waals surface area contributed by atoms with Crippen LogP contribution in [0.5, 0.6) is 0 Å². The van der Waals surface area contributed by atoms with Crippen LogP contribution in [0.15, 0.2) is 48.8 Å². The molecule has 1 aromatic carbocycles. The van der Waals surface area contributed by atoms with E-state index in [4.69, 9.17) is 9.31 Å². The SMILES string of the molecule is CC1(C)OB(c2cncc(C(=O)C3CC4CCC(C3)N4Cc3ccccc3)c2)OC1(C)C. The van der Waals surface area contributed by atoms with Crippen LogP contribution >= 0.6 is 0 Å². The van der Waals surface area contributed by atoms with Gasteiger partial charge >= 0.3 is 7.12 Å². The summed E-state index contributed by atoms with van der Waals surface area (Å²) in [6.07, 6.45) is 7.70. The molecule has 0 N–H and O–H groups in total.